The van der Waals surface area contributed by atoms with Gasteiger partial charge in [-0.25, -0.2) is 13.1 Å². The van der Waals surface area contributed by atoms with E-state index in [-0.39, 0.29) is 0 Å². The van der Waals surface area contributed by atoms with Gasteiger partial charge in [0.1, 0.15) is 0 Å². The van der Waals surface area contributed by atoms with Crippen molar-refractivity contribution >= 4 is 10.0 Å². The molecule has 0 heterocycles. The van der Waals surface area contributed by atoms with Crippen LogP contribution in [-0.4, -0.2) is 15.0 Å². The minimum atomic E-state index is -3.42. The second kappa shape index (κ2) is 6.72. The summed E-state index contributed by atoms with van der Waals surface area (Å²) in [6.45, 7) is 12.8. The van der Waals surface area contributed by atoms with Crippen LogP contribution in [0.5, 0.6) is 0 Å². The fraction of sp³-hybridized carbons (Fsp3) is 0.625. The van der Waals surface area contributed by atoms with E-state index in [2.05, 4.69) is 32.4 Å². The van der Waals surface area contributed by atoms with Crippen molar-refractivity contribution in [2.45, 2.75) is 46.4 Å². The molecule has 1 aromatic rings. The smallest absolute Gasteiger partial charge is 0.211 e. The molecule has 0 aliphatic heterocycles. The second-order valence-corrected chi connectivity index (χ2v) is 8.01. The predicted octanol–water partition coefficient (Wildman–Crippen LogP) is 3.51. The molecule has 0 spiro atoms. The van der Waals surface area contributed by atoms with Gasteiger partial charge in [-0.1, -0.05) is 45.4 Å². The van der Waals surface area contributed by atoms with Crippen molar-refractivity contribution in [3.63, 3.8) is 0 Å². The van der Waals surface area contributed by atoms with Gasteiger partial charge in [-0.05, 0) is 43.2 Å². The van der Waals surface area contributed by atoms with Gasteiger partial charge in [-0.2, -0.15) is 0 Å². The number of hydrogen-bond acceptors (Lipinski definition) is 2. The highest BCUT2D eigenvalue weighted by molar-refractivity contribution is 7.89. The number of benzene rings is 1. The lowest BCUT2D eigenvalue weighted by Gasteiger charge is -2.25. The molecule has 3 nitrogen and oxygen atoms in total. The molecule has 0 atom stereocenters. The summed E-state index contributed by atoms with van der Waals surface area (Å²) in [5.41, 5.74) is 1.87. The fourth-order valence-electron chi connectivity index (χ4n) is 2.63. The maximum absolute atomic E-state index is 12.4. The summed E-state index contributed by atoms with van der Waals surface area (Å²) in [6, 6.07) is 5.42. The third kappa shape index (κ3) is 4.32. The van der Waals surface area contributed by atoms with Crippen molar-refractivity contribution in [2.75, 3.05) is 6.54 Å². The van der Waals surface area contributed by atoms with Crippen LogP contribution in [0.15, 0.2) is 23.1 Å². The first-order chi connectivity index (χ1) is 9.15. The second-order valence-electron chi connectivity index (χ2n) is 6.27. The van der Waals surface area contributed by atoms with Crippen molar-refractivity contribution in [3.05, 3.63) is 29.3 Å². The van der Waals surface area contributed by atoms with Crippen LogP contribution in [0.3, 0.4) is 0 Å². The summed E-state index contributed by atoms with van der Waals surface area (Å²) in [4.78, 5) is 0.384. The molecule has 0 aromatic heterocycles. The first kappa shape index (κ1) is 17.2. The highest BCUT2D eigenvalue weighted by Gasteiger charge is 2.22. The zero-order valence-electron chi connectivity index (χ0n) is 13.4. The molecule has 1 rings (SSSR count). The lowest BCUT2D eigenvalue weighted by atomic mass is 9.86. The van der Waals surface area contributed by atoms with Gasteiger partial charge >= 0.3 is 0 Å². The summed E-state index contributed by atoms with van der Waals surface area (Å²) in [7, 11) is -3.42. The zero-order chi connectivity index (χ0) is 15.5. The van der Waals surface area contributed by atoms with E-state index < -0.39 is 10.0 Å². The molecule has 20 heavy (non-hydrogen) atoms. The predicted molar refractivity (Wildman–Crippen MR) is 84.3 cm³/mol. The largest absolute Gasteiger partial charge is 0.240 e. The van der Waals surface area contributed by atoms with Gasteiger partial charge in [0.15, 0.2) is 0 Å². The molecule has 4 heteroatoms. The highest BCUT2D eigenvalue weighted by atomic mass is 32.2. The van der Waals surface area contributed by atoms with Gasteiger partial charge in [-0.15, -0.1) is 0 Å². The number of hydrogen-bond donors (Lipinski definition) is 1. The standard InChI is InChI=1S/C16H27NO2S/c1-11(2)15(12(3)4)10-17-20(18,19)16-8-7-13(5)9-14(16)6/h7-9,11-12,15,17H,10H2,1-6H3. The molecule has 0 aliphatic carbocycles. The fourth-order valence-corrected chi connectivity index (χ4v) is 3.92. The van der Waals surface area contributed by atoms with Crippen LogP contribution in [0, 0.1) is 31.6 Å². The molecule has 114 valence electrons. The Balaban J connectivity index is 2.90. The summed E-state index contributed by atoms with van der Waals surface area (Å²) in [6.07, 6.45) is 0. The topological polar surface area (TPSA) is 46.2 Å². The maximum Gasteiger partial charge on any atom is 0.240 e. The van der Waals surface area contributed by atoms with Gasteiger partial charge in [0, 0.05) is 6.54 Å². The van der Waals surface area contributed by atoms with E-state index in [1.807, 2.05) is 26.0 Å². The van der Waals surface area contributed by atoms with E-state index in [9.17, 15) is 8.42 Å². The average molecular weight is 297 g/mol. The summed E-state index contributed by atoms with van der Waals surface area (Å²) < 4.78 is 27.6. The molecule has 0 fully saturated rings. The molecule has 0 saturated heterocycles. The normalized spacial score (nSPS) is 12.7. The lowest BCUT2D eigenvalue weighted by molar-refractivity contribution is 0.289. The van der Waals surface area contributed by atoms with E-state index in [1.165, 1.54) is 0 Å². The molecule has 0 unspecified atom stereocenters. The van der Waals surface area contributed by atoms with Crippen molar-refractivity contribution in [1.82, 2.24) is 4.72 Å². The third-order valence-electron chi connectivity index (χ3n) is 3.84. The quantitative estimate of drug-likeness (QED) is 0.873. The van der Waals surface area contributed by atoms with Crippen LogP contribution in [0.1, 0.15) is 38.8 Å². The summed E-state index contributed by atoms with van der Waals surface area (Å²) in [5, 5.41) is 0. The van der Waals surface area contributed by atoms with Crippen molar-refractivity contribution in [1.29, 1.82) is 0 Å². The van der Waals surface area contributed by atoms with E-state index >= 15 is 0 Å². The minimum absolute atomic E-state index is 0.343. The first-order valence-electron chi connectivity index (χ1n) is 7.22. The van der Waals surface area contributed by atoms with Crippen LogP contribution < -0.4 is 4.72 Å². The molecule has 0 aliphatic rings. The Labute approximate surface area is 123 Å². The Morgan fingerprint density at radius 2 is 1.60 bits per heavy atom. The van der Waals surface area contributed by atoms with Crippen LogP contribution >= 0.6 is 0 Å². The Hall–Kier alpha value is -0.870. The number of rotatable bonds is 6. The first-order valence-corrected chi connectivity index (χ1v) is 8.70. The lowest BCUT2D eigenvalue weighted by Crippen LogP contribution is -2.34. The Morgan fingerprint density at radius 1 is 1.05 bits per heavy atom. The van der Waals surface area contributed by atoms with Crippen LogP contribution in [0.2, 0.25) is 0 Å². The van der Waals surface area contributed by atoms with E-state index in [0.29, 0.717) is 29.2 Å². The third-order valence-corrected chi connectivity index (χ3v) is 5.43. The van der Waals surface area contributed by atoms with E-state index in [1.54, 1.807) is 6.07 Å². The maximum atomic E-state index is 12.4. The molecular weight excluding hydrogens is 270 g/mol. The van der Waals surface area contributed by atoms with Gasteiger partial charge in [-0.3, -0.25) is 0 Å². The summed E-state index contributed by atoms with van der Waals surface area (Å²) in [5.74, 6) is 1.25. The Kier molecular flexibility index (Phi) is 5.78. The Bertz CT molecular complexity index is 540. The Morgan fingerprint density at radius 3 is 2.05 bits per heavy atom. The van der Waals surface area contributed by atoms with E-state index in [0.717, 1.165) is 11.1 Å². The molecular formula is C16H27NO2S. The number of nitrogens with one attached hydrogen (secondary N) is 1. The summed E-state index contributed by atoms with van der Waals surface area (Å²) >= 11 is 0. The van der Waals surface area contributed by atoms with Crippen LogP contribution in [0.25, 0.3) is 0 Å². The monoisotopic (exact) mass is 297 g/mol. The molecule has 1 aromatic carbocycles. The van der Waals surface area contributed by atoms with Gasteiger partial charge in [0.25, 0.3) is 0 Å². The average Bonchev–Trinajstić information content (AvgIpc) is 2.26. The van der Waals surface area contributed by atoms with Gasteiger partial charge < -0.3 is 0 Å². The molecule has 0 saturated carbocycles. The van der Waals surface area contributed by atoms with E-state index in [4.69, 9.17) is 0 Å². The molecule has 1 N–H and O–H groups in total. The molecule has 0 radical (unpaired) electrons. The van der Waals surface area contributed by atoms with Crippen molar-refractivity contribution < 1.29 is 8.42 Å². The minimum Gasteiger partial charge on any atom is -0.211 e. The number of sulfonamides is 1. The SMILES string of the molecule is Cc1ccc(S(=O)(=O)NCC(C(C)C)C(C)C)c(C)c1. The van der Waals surface area contributed by atoms with Gasteiger partial charge in [0.2, 0.25) is 10.0 Å². The zero-order valence-corrected chi connectivity index (χ0v) is 14.2. The van der Waals surface area contributed by atoms with Crippen molar-refractivity contribution in [3.8, 4) is 0 Å². The molecule has 0 bridgehead atoms. The van der Waals surface area contributed by atoms with Gasteiger partial charge in [0.05, 0.1) is 4.90 Å². The van der Waals surface area contributed by atoms with Crippen LogP contribution in [0.4, 0.5) is 0 Å². The number of aryl methyl sites for hydroxylation is 2. The highest BCUT2D eigenvalue weighted by Crippen LogP contribution is 2.21. The van der Waals surface area contributed by atoms with Crippen molar-refractivity contribution in [2.24, 2.45) is 17.8 Å². The van der Waals surface area contributed by atoms with Crippen LogP contribution in [-0.2, 0) is 10.0 Å². The molecule has 0 amide bonds.